The maximum Gasteiger partial charge on any atom is 0.309 e. The molecule has 0 aromatic carbocycles. The fraction of sp³-hybridized carbons (Fsp3) is 0.917. The van der Waals surface area contributed by atoms with E-state index in [0.717, 1.165) is 19.4 Å². The van der Waals surface area contributed by atoms with E-state index in [2.05, 4.69) is 6.92 Å². The van der Waals surface area contributed by atoms with Gasteiger partial charge in [-0.3, -0.25) is 4.79 Å². The molecule has 3 aliphatic rings. The summed E-state index contributed by atoms with van der Waals surface area (Å²) in [5, 5.41) is 0. The zero-order chi connectivity index (χ0) is 10.4. The fourth-order valence-corrected chi connectivity index (χ4v) is 3.73. The molecule has 1 saturated heterocycles. The highest BCUT2D eigenvalue weighted by Crippen LogP contribution is 2.55. The van der Waals surface area contributed by atoms with Crippen molar-refractivity contribution in [3.05, 3.63) is 0 Å². The van der Waals surface area contributed by atoms with Gasteiger partial charge in [-0.1, -0.05) is 6.92 Å². The van der Waals surface area contributed by atoms with Gasteiger partial charge < -0.3 is 9.47 Å². The van der Waals surface area contributed by atoms with Gasteiger partial charge in [-0.25, -0.2) is 0 Å². The third-order valence-corrected chi connectivity index (χ3v) is 4.34. The van der Waals surface area contributed by atoms with E-state index in [4.69, 9.17) is 9.47 Å². The molecule has 1 heterocycles. The molecule has 3 fully saturated rings. The Labute approximate surface area is 90.1 Å². The van der Waals surface area contributed by atoms with Gasteiger partial charge in [0, 0.05) is 12.5 Å². The lowest BCUT2D eigenvalue weighted by atomic mass is 9.80. The molecule has 0 N–H and O–H groups in total. The topological polar surface area (TPSA) is 35.5 Å². The van der Waals surface area contributed by atoms with Crippen molar-refractivity contribution in [3.63, 3.8) is 0 Å². The highest BCUT2D eigenvalue weighted by molar-refractivity contribution is 5.76. The van der Waals surface area contributed by atoms with E-state index in [1.807, 2.05) is 0 Å². The third-order valence-electron chi connectivity index (χ3n) is 4.34. The smallest absolute Gasteiger partial charge is 0.309 e. The lowest BCUT2D eigenvalue weighted by Crippen LogP contribution is -2.34. The zero-order valence-electron chi connectivity index (χ0n) is 9.15. The summed E-state index contributed by atoms with van der Waals surface area (Å²) in [5.74, 6) is 1.88. The number of esters is 1. The summed E-state index contributed by atoms with van der Waals surface area (Å²) in [4.78, 5) is 11.6. The molecule has 3 rings (SSSR count). The number of carbonyl (C=O) groups is 1. The molecule has 5 unspecified atom stereocenters. The van der Waals surface area contributed by atoms with Crippen molar-refractivity contribution in [1.82, 2.24) is 0 Å². The van der Waals surface area contributed by atoms with E-state index < -0.39 is 0 Å². The van der Waals surface area contributed by atoms with Crippen LogP contribution in [0.1, 0.15) is 26.2 Å². The summed E-state index contributed by atoms with van der Waals surface area (Å²) in [7, 11) is 0. The van der Waals surface area contributed by atoms with Crippen LogP contribution in [-0.2, 0) is 14.3 Å². The van der Waals surface area contributed by atoms with Crippen LogP contribution in [0.2, 0.25) is 0 Å². The molecule has 2 bridgehead atoms. The third kappa shape index (κ3) is 1.32. The molecule has 1 aliphatic heterocycles. The Bertz CT molecular complexity index is 276. The fourth-order valence-electron chi connectivity index (χ4n) is 3.73. The van der Waals surface area contributed by atoms with Gasteiger partial charge in [-0.15, -0.1) is 0 Å². The first-order chi connectivity index (χ1) is 7.31. The molecule has 2 aliphatic carbocycles. The van der Waals surface area contributed by atoms with Crippen molar-refractivity contribution in [2.24, 2.45) is 23.7 Å². The minimum atomic E-state index is 0.0392. The van der Waals surface area contributed by atoms with E-state index in [-0.39, 0.29) is 11.9 Å². The van der Waals surface area contributed by atoms with Gasteiger partial charge in [0.2, 0.25) is 0 Å². The first-order valence-corrected chi connectivity index (χ1v) is 6.09. The number of rotatable bonds is 3. The normalized spacial score (nSPS) is 47.0. The molecule has 0 aromatic rings. The summed E-state index contributed by atoms with van der Waals surface area (Å²) in [6.45, 7) is 3.63. The van der Waals surface area contributed by atoms with E-state index in [1.165, 1.54) is 6.42 Å². The number of fused-ring (bicyclic) bond motifs is 5. The van der Waals surface area contributed by atoms with Crippen molar-refractivity contribution in [3.8, 4) is 0 Å². The second kappa shape index (κ2) is 3.48. The lowest BCUT2D eigenvalue weighted by molar-refractivity contribution is -0.144. The van der Waals surface area contributed by atoms with Gasteiger partial charge in [0.05, 0.1) is 18.6 Å². The quantitative estimate of drug-likeness (QED) is 0.664. The van der Waals surface area contributed by atoms with E-state index in [0.29, 0.717) is 30.5 Å². The Balaban J connectivity index is 1.71. The van der Waals surface area contributed by atoms with Crippen LogP contribution in [0.4, 0.5) is 0 Å². The van der Waals surface area contributed by atoms with Crippen LogP contribution in [0.15, 0.2) is 0 Å². The number of hydrogen-bond donors (Lipinski definition) is 0. The van der Waals surface area contributed by atoms with Gasteiger partial charge in [0.1, 0.15) is 0 Å². The average molecular weight is 210 g/mol. The molecule has 15 heavy (non-hydrogen) atoms. The summed E-state index contributed by atoms with van der Waals surface area (Å²) in [6, 6.07) is 0. The maximum absolute atomic E-state index is 11.6. The highest BCUT2D eigenvalue weighted by Gasteiger charge is 2.59. The predicted octanol–water partition coefficient (Wildman–Crippen LogP) is 1.61. The molecule has 5 atom stereocenters. The largest absolute Gasteiger partial charge is 0.465 e. The van der Waals surface area contributed by atoms with Crippen LogP contribution in [0.3, 0.4) is 0 Å². The van der Waals surface area contributed by atoms with E-state index in [1.54, 1.807) is 0 Å². The molecule has 84 valence electrons. The van der Waals surface area contributed by atoms with Crippen molar-refractivity contribution in [1.29, 1.82) is 0 Å². The van der Waals surface area contributed by atoms with Crippen molar-refractivity contribution < 1.29 is 14.3 Å². The second-order valence-electron chi connectivity index (χ2n) is 5.12. The molecule has 3 heteroatoms. The van der Waals surface area contributed by atoms with Gasteiger partial charge in [0.25, 0.3) is 0 Å². The van der Waals surface area contributed by atoms with Crippen LogP contribution in [0, 0.1) is 23.7 Å². The predicted molar refractivity (Wildman–Crippen MR) is 54.2 cm³/mol. The van der Waals surface area contributed by atoms with Gasteiger partial charge >= 0.3 is 5.97 Å². The number of cyclic esters (lactones) is 1. The van der Waals surface area contributed by atoms with Crippen molar-refractivity contribution >= 4 is 5.97 Å². The Morgan fingerprint density at radius 2 is 2.27 bits per heavy atom. The highest BCUT2D eigenvalue weighted by atomic mass is 16.5. The van der Waals surface area contributed by atoms with E-state index >= 15 is 0 Å². The van der Waals surface area contributed by atoms with Crippen molar-refractivity contribution in [2.45, 2.75) is 32.3 Å². The van der Waals surface area contributed by atoms with Crippen LogP contribution in [-0.4, -0.2) is 25.3 Å². The Kier molecular flexibility index (Phi) is 2.23. The van der Waals surface area contributed by atoms with Gasteiger partial charge in [-0.2, -0.15) is 0 Å². The Morgan fingerprint density at radius 3 is 3.07 bits per heavy atom. The summed E-state index contributed by atoms with van der Waals surface area (Å²) in [5.41, 5.74) is 0. The number of carbonyl (C=O) groups excluding carboxylic acids is 1. The summed E-state index contributed by atoms with van der Waals surface area (Å²) < 4.78 is 11.0. The SMILES string of the molecule is CCCOC1CC2CC1C1C(=O)OCC21. The van der Waals surface area contributed by atoms with Gasteiger partial charge in [-0.05, 0) is 31.1 Å². The minimum Gasteiger partial charge on any atom is -0.465 e. The molecule has 0 aromatic heterocycles. The lowest BCUT2D eigenvalue weighted by Gasteiger charge is -2.28. The molecule has 3 nitrogen and oxygen atoms in total. The summed E-state index contributed by atoms with van der Waals surface area (Å²) >= 11 is 0. The zero-order valence-corrected chi connectivity index (χ0v) is 9.15. The number of ether oxygens (including phenoxy) is 2. The van der Waals surface area contributed by atoms with Crippen LogP contribution >= 0.6 is 0 Å². The van der Waals surface area contributed by atoms with Crippen molar-refractivity contribution in [2.75, 3.05) is 13.2 Å². The van der Waals surface area contributed by atoms with E-state index in [9.17, 15) is 4.79 Å². The van der Waals surface area contributed by atoms with Crippen LogP contribution in [0.25, 0.3) is 0 Å². The molecule has 2 saturated carbocycles. The number of hydrogen-bond acceptors (Lipinski definition) is 3. The summed E-state index contributed by atoms with van der Waals surface area (Å²) in [6.07, 6.45) is 3.75. The Morgan fingerprint density at radius 1 is 1.40 bits per heavy atom. The molecule has 0 radical (unpaired) electrons. The minimum absolute atomic E-state index is 0.0392. The molecule has 0 spiro atoms. The molecular weight excluding hydrogens is 192 g/mol. The molecule has 0 amide bonds. The van der Waals surface area contributed by atoms with Crippen LogP contribution < -0.4 is 0 Å². The first-order valence-electron chi connectivity index (χ1n) is 6.09. The molecular formula is C12H18O3. The average Bonchev–Trinajstić information content (AvgIpc) is 2.87. The standard InChI is InChI=1S/C12H18O3/c1-2-3-14-10-5-7-4-8(10)11-9(7)6-15-12(11)13/h7-11H,2-6H2,1H3. The monoisotopic (exact) mass is 210 g/mol. The Hall–Kier alpha value is -0.570. The van der Waals surface area contributed by atoms with Crippen LogP contribution in [0.5, 0.6) is 0 Å². The second-order valence-corrected chi connectivity index (χ2v) is 5.12. The maximum atomic E-state index is 11.6. The first kappa shape index (κ1) is 9.64. The van der Waals surface area contributed by atoms with Gasteiger partial charge in [0.15, 0.2) is 0 Å².